The first-order chi connectivity index (χ1) is 10.6. The summed E-state index contributed by atoms with van der Waals surface area (Å²) in [6, 6.07) is 7.09. The van der Waals surface area contributed by atoms with E-state index in [0.29, 0.717) is 19.1 Å². The monoisotopic (exact) mass is 307 g/mol. The highest BCUT2D eigenvalue weighted by Gasteiger charge is 1.98. The minimum absolute atomic E-state index is 0.274. The number of phenolic OH excluding ortho intramolecular Hbond substituents is 1. The molecule has 0 bridgehead atoms. The summed E-state index contributed by atoms with van der Waals surface area (Å²) in [7, 11) is 0. The van der Waals surface area contributed by atoms with Crippen LogP contribution in [0.5, 0.6) is 5.75 Å². The van der Waals surface area contributed by atoms with Crippen molar-refractivity contribution in [2.75, 3.05) is 26.3 Å². The largest absolute Gasteiger partial charge is 0.508 e. The molecule has 0 unspecified atom stereocenters. The van der Waals surface area contributed by atoms with Crippen molar-refractivity contribution in [2.45, 2.75) is 33.7 Å². The van der Waals surface area contributed by atoms with Gasteiger partial charge >= 0.3 is 0 Å². The predicted molar refractivity (Wildman–Crippen MR) is 91.2 cm³/mol. The molecule has 3 N–H and O–H groups in total. The van der Waals surface area contributed by atoms with Gasteiger partial charge in [0.2, 0.25) is 0 Å². The summed E-state index contributed by atoms with van der Waals surface area (Å²) in [4.78, 5) is 4.52. The van der Waals surface area contributed by atoms with Gasteiger partial charge in [0.15, 0.2) is 5.96 Å². The van der Waals surface area contributed by atoms with Gasteiger partial charge in [-0.1, -0.05) is 26.0 Å². The van der Waals surface area contributed by atoms with Crippen LogP contribution in [0.15, 0.2) is 29.3 Å². The van der Waals surface area contributed by atoms with Gasteiger partial charge in [-0.2, -0.15) is 0 Å². The summed E-state index contributed by atoms with van der Waals surface area (Å²) in [5, 5.41) is 15.7. The lowest BCUT2D eigenvalue weighted by atomic mass is 10.1. The van der Waals surface area contributed by atoms with Crippen LogP contribution in [0.3, 0.4) is 0 Å². The Balaban J connectivity index is 2.31. The van der Waals surface area contributed by atoms with Crippen LogP contribution in [-0.2, 0) is 11.3 Å². The molecule has 0 radical (unpaired) electrons. The molecule has 5 heteroatoms. The molecular formula is C17H29N3O2. The minimum atomic E-state index is 0.274. The van der Waals surface area contributed by atoms with Crippen LogP contribution in [0, 0.1) is 5.92 Å². The van der Waals surface area contributed by atoms with E-state index in [1.165, 1.54) is 0 Å². The normalized spacial score (nSPS) is 11.7. The number of nitrogens with zero attached hydrogens (tertiary/aromatic N) is 1. The fourth-order valence-electron chi connectivity index (χ4n) is 1.78. The van der Waals surface area contributed by atoms with Gasteiger partial charge < -0.3 is 20.5 Å². The highest BCUT2D eigenvalue weighted by atomic mass is 16.5. The van der Waals surface area contributed by atoms with Crippen molar-refractivity contribution >= 4 is 5.96 Å². The second-order valence-corrected chi connectivity index (χ2v) is 5.58. The molecule has 22 heavy (non-hydrogen) atoms. The number of phenols is 1. The van der Waals surface area contributed by atoms with E-state index in [9.17, 15) is 5.11 Å². The first-order valence-corrected chi connectivity index (χ1v) is 7.99. The Kier molecular flexibility index (Phi) is 9.07. The molecule has 0 aliphatic rings. The van der Waals surface area contributed by atoms with E-state index >= 15 is 0 Å². The zero-order chi connectivity index (χ0) is 16.2. The molecule has 1 rings (SSSR count). The van der Waals surface area contributed by atoms with Crippen molar-refractivity contribution in [1.82, 2.24) is 10.6 Å². The van der Waals surface area contributed by atoms with Crippen LogP contribution in [0.1, 0.15) is 32.8 Å². The maximum Gasteiger partial charge on any atom is 0.191 e. The van der Waals surface area contributed by atoms with Gasteiger partial charge in [0.1, 0.15) is 5.75 Å². The van der Waals surface area contributed by atoms with Crippen LogP contribution in [0.25, 0.3) is 0 Å². The lowest BCUT2D eigenvalue weighted by molar-refractivity contribution is 0.128. The summed E-state index contributed by atoms with van der Waals surface area (Å²) in [6.45, 7) is 10.0. The van der Waals surface area contributed by atoms with Crippen LogP contribution >= 0.6 is 0 Å². The number of nitrogens with one attached hydrogen (secondary N) is 2. The zero-order valence-electron chi connectivity index (χ0n) is 13.9. The Morgan fingerprint density at radius 2 is 1.91 bits per heavy atom. The highest BCUT2D eigenvalue weighted by Crippen LogP contribution is 2.10. The average Bonchev–Trinajstić information content (AvgIpc) is 2.49. The summed E-state index contributed by atoms with van der Waals surface area (Å²) < 4.78 is 5.58. The number of aromatic hydroxyl groups is 1. The van der Waals surface area contributed by atoms with Gasteiger partial charge in [-0.15, -0.1) is 0 Å². The molecular weight excluding hydrogens is 278 g/mol. The summed E-state index contributed by atoms with van der Waals surface area (Å²) in [6.07, 6.45) is 1.09. The van der Waals surface area contributed by atoms with Crippen molar-refractivity contribution < 1.29 is 9.84 Å². The minimum Gasteiger partial charge on any atom is -0.508 e. The number of benzene rings is 1. The lowest BCUT2D eigenvalue weighted by Gasteiger charge is -2.12. The number of hydrogen-bond donors (Lipinski definition) is 3. The van der Waals surface area contributed by atoms with E-state index in [1.807, 2.05) is 19.1 Å². The van der Waals surface area contributed by atoms with E-state index in [1.54, 1.807) is 12.1 Å². The number of rotatable bonds is 9. The molecule has 124 valence electrons. The third-order valence-electron chi connectivity index (χ3n) is 3.08. The molecule has 0 saturated carbocycles. The SMILES string of the molecule is CCNC(=NCc1ccc(O)cc1)NCCOCCC(C)C. The summed E-state index contributed by atoms with van der Waals surface area (Å²) in [5.74, 6) is 1.73. The van der Waals surface area contributed by atoms with E-state index in [4.69, 9.17) is 4.74 Å². The molecule has 0 atom stereocenters. The fraction of sp³-hybridized carbons (Fsp3) is 0.588. The molecule has 0 spiro atoms. The van der Waals surface area contributed by atoms with Crippen molar-refractivity contribution in [3.05, 3.63) is 29.8 Å². The topological polar surface area (TPSA) is 65.9 Å². The molecule has 0 aliphatic heterocycles. The van der Waals surface area contributed by atoms with Gasteiger partial charge in [-0.05, 0) is 37.0 Å². The summed E-state index contributed by atoms with van der Waals surface area (Å²) in [5.41, 5.74) is 1.06. The quantitative estimate of drug-likeness (QED) is 0.372. The molecule has 5 nitrogen and oxygen atoms in total. The molecule has 0 amide bonds. The van der Waals surface area contributed by atoms with E-state index in [0.717, 1.165) is 37.6 Å². The standard InChI is InChI=1S/C17H29N3O2/c1-4-18-17(19-10-12-22-11-9-14(2)3)20-13-15-5-7-16(21)8-6-15/h5-8,14,21H,4,9-13H2,1-3H3,(H2,18,19,20). The Hall–Kier alpha value is -1.75. The number of aliphatic imine (C=N–C) groups is 1. The number of guanidine groups is 1. The van der Waals surface area contributed by atoms with E-state index < -0.39 is 0 Å². The Bertz CT molecular complexity index is 430. The van der Waals surface area contributed by atoms with Crippen LogP contribution in [0.2, 0.25) is 0 Å². The van der Waals surface area contributed by atoms with Crippen molar-refractivity contribution in [3.63, 3.8) is 0 Å². The maximum absolute atomic E-state index is 9.27. The molecule has 0 heterocycles. The maximum atomic E-state index is 9.27. The van der Waals surface area contributed by atoms with Crippen molar-refractivity contribution in [1.29, 1.82) is 0 Å². The third-order valence-corrected chi connectivity index (χ3v) is 3.08. The Morgan fingerprint density at radius 1 is 1.18 bits per heavy atom. The lowest BCUT2D eigenvalue weighted by Crippen LogP contribution is -2.39. The van der Waals surface area contributed by atoms with Crippen LogP contribution < -0.4 is 10.6 Å². The van der Waals surface area contributed by atoms with Crippen molar-refractivity contribution in [3.8, 4) is 5.75 Å². The first-order valence-electron chi connectivity index (χ1n) is 7.99. The Morgan fingerprint density at radius 3 is 2.55 bits per heavy atom. The van der Waals surface area contributed by atoms with Gasteiger partial charge in [0.05, 0.1) is 13.2 Å². The van der Waals surface area contributed by atoms with Gasteiger partial charge in [-0.25, -0.2) is 4.99 Å². The molecule has 0 aromatic heterocycles. The molecule has 0 saturated heterocycles. The van der Waals surface area contributed by atoms with E-state index in [-0.39, 0.29) is 5.75 Å². The third kappa shape index (κ3) is 8.52. The Labute approximate surface area is 133 Å². The first kappa shape index (κ1) is 18.3. The van der Waals surface area contributed by atoms with Crippen molar-refractivity contribution in [2.24, 2.45) is 10.9 Å². The molecule has 1 aromatic carbocycles. The molecule has 0 fully saturated rings. The second-order valence-electron chi connectivity index (χ2n) is 5.58. The fourth-order valence-corrected chi connectivity index (χ4v) is 1.78. The van der Waals surface area contributed by atoms with Gasteiger partial charge in [-0.3, -0.25) is 0 Å². The predicted octanol–water partition coefficient (Wildman–Crippen LogP) is 2.51. The highest BCUT2D eigenvalue weighted by molar-refractivity contribution is 5.79. The van der Waals surface area contributed by atoms with E-state index in [2.05, 4.69) is 29.5 Å². The summed E-state index contributed by atoms with van der Waals surface area (Å²) >= 11 is 0. The molecule has 0 aliphatic carbocycles. The van der Waals surface area contributed by atoms with Crippen LogP contribution in [-0.4, -0.2) is 37.4 Å². The number of ether oxygens (including phenoxy) is 1. The van der Waals surface area contributed by atoms with Crippen LogP contribution in [0.4, 0.5) is 0 Å². The van der Waals surface area contributed by atoms with Gasteiger partial charge in [0, 0.05) is 19.7 Å². The van der Waals surface area contributed by atoms with Gasteiger partial charge in [0.25, 0.3) is 0 Å². The average molecular weight is 307 g/mol. The molecule has 1 aromatic rings. The smallest absolute Gasteiger partial charge is 0.191 e. The second kappa shape index (κ2) is 10.9. The zero-order valence-corrected chi connectivity index (χ0v) is 13.9. The number of hydrogen-bond acceptors (Lipinski definition) is 3.